The van der Waals surface area contributed by atoms with E-state index in [0.29, 0.717) is 12.1 Å². The van der Waals surface area contributed by atoms with Gasteiger partial charge in [-0.25, -0.2) is 0 Å². The second-order valence-electron chi connectivity index (χ2n) is 6.54. The van der Waals surface area contributed by atoms with Gasteiger partial charge in [-0.05, 0) is 56.7 Å². The first kappa shape index (κ1) is 14.1. The smallest absolute Gasteiger partial charge is 0.0947 e. The van der Waals surface area contributed by atoms with Crippen LogP contribution in [0.15, 0.2) is 24.3 Å². The molecule has 1 saturated heterocycles. The summed E-state index contributed by atoms with van der Waals surface area (Å²) in [5, 5.41) is 10.9. The van der Waals surface area contributed by atoms with Crippen LogP contribution < -0.4 is 0 Å². The molecule has 1 fully saturated rings. The fraction of sp³-hybridized carbons (Fsp3) is 0.667. The van der Waals surface area contributed by atoms with Gasteiger partial charge in [-0.3, -0.25) is 4.90 Å². The lowest BCUT2D eigenvalue weighted by molar-refractivity contribution is 0.0248. The molecule has 0 saturated carbocycles. The van der Waals surface area contributed by atoms with Crippen molar-refractivity contribution in [2.24, 2.45) is 0 Å². The summed E-state index contributed by atoms with van der Waals surface area (Å²) in [6.07, 6.45) is 8.39. The lowest BCUT2D eigenvalue weighted by Crippen LogP contribution is -2.44. The van der Waals surface area contributed by atoms with E-state index >= 15 is 0 Å². The Morgan fingerprint density at radius 2 is 1.90 bits per heavy atom. The molecular weight excluding hydrogens is 246 g/mol. The molecule has 3 unspecified atom stereocenters. The molecule has 3 rings (SSSR count). The fourth-order valence-electron chi connectivity index (χ4n) is 4.05. The standard InChI is InChI=1S/C18H27NO/c1-14-8-3-2-6-13-19(14)17-12-7-10-15-9-4-5-11-16(15)18(17)20/h4-5,9,11,14,17-18,20H,2-3,6-8,10,12-13H2,1H3. The average molecular weight is 273 g/mol. The second kappa shape index (κ2) is 6.28. The van der Waals surface area contributed by atoms with Gasteiger partial charge in [0.15, 0.2) is 0 Å². The summed E-state index contributed by atoms with van der Waals surface area (Å²) < 4.78 is 0. The Labute approximate surface area is 122 Å². The first-order valence-corrected chi connectivity index (χ1v) is 8.29. The van der Waals surface area contributed by atoms with E-state index in [9.17, 15) is 5.11 Å². The van der Waals surface area contributed by atoms with Gasteiger partial charge in [-0.2, -0.15) is 0 Å². The van der Waals surface area contributed by atoms with Gasteiger partial charge in [0.25, 0.3) is 0 Å². The van der Waals surface area contributed by atoms with E-state index in [-0.39, 0.29) is 6.10 Å². The van der Waals surface area contributed by atoms with Crippen molar-refractivity contribution < 1.29 is 5.11 Å². The molecule has 110 valence electrons. The number of nitrogens with zero attached hydrogens (tertiary/aromatic N) is 1. The topological polar surface area (TPSA) is 23.5 Å². The highest BCUT2D eigenvalue weighted by Gasteiger charge is 2.33. The van der Waals surface area contributed by atoms with E-state index in [0.717, 1.165) is 19.4 Å². The summed E-state index contributed by atoms with van der Waals surface area (Å²) in [5.74, 6) is 0. The van der Waals surface area contributed by atoms with E-state index in [2.05, 4.69) is 36.1 Å². The lowest BCUT2D eigenvalue weighted by Gasteiger charge is -2.37. The molecule has 2 heteroatoms. The normalized spacial score (nSPS) is 32.2. The van der Waals surface area contributed by atoms with Crippen LogP contribution >= 0.6 is 0 Å². The van der Waals surface area contributed by atoms with Crippen LogP contribution in [0.1, 0.15) is 62.7 Å². The zero-order valence-corrected chi connectivity index (χ0v) is 12.6. The molecule has 0 spiro atoms. The summed E-state index contributed by atoms with van der Waals surface area (Å²) in [5.41, 5.74) is 2.52. The van der Waals surface area contributed by atoms with Crippen molar-refractivity contribution in [1.29, 1.82) is 0 Å². The van der Waals surface area contributed by atoms with Crippen molar-refractivity contribution in [3.63, 3.8) is 0 Å². The largest absolute Gasteiger partial charge is 0.387 e. The number of likely N-dealkylation sites (tertiary alicyclic amines) is 1. The van der Waals surface area contributed by atoms with Gasteiger partial charge in [-0.15, -0.1) is 0 Å². The number of aliphatic hydroxyl groups excluding tert-OH is 1. The van der Waals surface area contributed by atoms with Gasteiger partial charge < -0.3 is 5.11 Å². The number of hydrogen-bond donors (Lipinski definition) is 1. The molecule has 1 heterocycles. The number of fused-ring (bicyclic) bond motifs is 1. The van der Waals surface area contributed by atoms with Crippen LogP contribution in [0.4, 0.5) is 0 Å². The quantitative estimate of drug-likeness (QED) is 0.789. The highest BCUT2D eigenvalue weighted by atomic mass is 16.3. The summed E-state index contributed by atoms with van der Waals surface area (Å²) in [6.45, 7) is 3.50. The van der Waals surface area contributed by atoms with Crippen LogP contribution in [0.5, 0.6) is 0 Å². The molecule has 3 atom stereocenters. The van der Waals surface area contributed by atoms with Crippen LogP contribution in [-0.2, 0) is 6.42 Å². The molecular formula is C18H27NO. The second-order valence-corrected chi connectivity index (χ2v) is 6.54. The Hall–Kier alpha value is -0.860. The summed E-state index contributed by atoms with van der Waals surface area (Å²) >= 11 is 0. The number of hydrogen-bond acceptors (Lipinski definition) is 2. The van der Waals surface area contributed by atoms with E-state index in [4.69, 9.17) is 0 Å². The molecule has 0 bridgehead atoms. The van der Waals surface area contributed by atoms with Crippen molar-refractivity contribution >= 4 is 0 Å². The molecule has 1 aliphatic heterocycles. The molecule has 2 nitrogen and oxygen atoms in total. The molecule has 20 heavy (non-hydrogen) atoms. The molecule has 2 aliphatic rings. The van der Waals surface area contributed by atoms with Crippen molar-refractivity contribution in [2.45, 2.75) is 70.1 Å². The average Bonchev–Trinajstić information content (AvgIpc) is 2.76. The maximum Gasteiger partial charge on any atom is 0.0947 e. The monoisotopic (exact) mass is 273 g/mol. The Morgan fingerprint density at radius 3 is 2.80 bits per heavy atom. The predicted octanol–water partition coefficient (Wildman–Crippen LogP) is 3.69. The van der Waals surface area contributed by atoms with Crippen LogP contribution in [0, 0.1) is 0 Å². The van der Waals surface area contributed by atoms with Gasteiger partial charge in [0.05, 0.1) is 6.10 Å². The van der Waals surface area contributed by atoms with Crippen LogP contribution in [0.25, 0.3) is 0 Å². The minimum Gasteiger partial charge on any atom is -0.387 e. The molecule has 1 aromatic rings. The molecule has 0 radical (unpaired) electrons. The summed E-state index contributed by atoms with van der Waals surface area (Å²) in [4.78, 5) is 2.60. The van der Waals surface area contributed by atoms with Crippen molar-refractivity contribution in [1.82, 2.24) is 4.90 Å². The lowest BCUT2D eigenvalue weighted by atomic mass is 9.96. The van der Waals surface area contributed by atoms with Gasteiger partial charge in [0.1, 0.15) is 0 Å². The van der Waals surface area contributed by atoms with Crippen molar-refractivity contribution in [2.75, 3.05) is 6.54 Å². The maximum absolute atomic E-state index is 10.9. The highest BCUT2D eigenvalue weighted by Crippen LogP contribution is 2.34. The van der Waals surface area contributed by atoms with E-state index in [1.165, 1.54) is 43.2 Å². The van der Waals surface area contributed by atoms with Crippen molar-refractivity contribution in [3.8, 4) is 0 Å². The summed E-state index contributed by atoms with van der Waals surface area (Å²) in [6, 6.07) is 9.40. The third-order valence-corrected chi connectivity index (χ3v) is 5.21. The molecule has 1 N–H and O–H groups in total. The van der Waals surface area contributed by atoms with Gasteiger partial charge in [0.2, 0.25) is 0 Å². The van der Waals surface area contributed by atoms with Crippen LogP contribution in [-0.4, -0.2) is 28.6 Å². The number of aliphatic hydroxyl groups is 1. The molecule has 0 amide bonds. The predicted molar refractivity (Wildman–Crippen MR) is 82.8 cm³/mol. The zero-order valence-electron chi connectivity index (χ0n) is 12.6. The minimum atomic E-state index is -0.311. The molecule has 1 aromatic carbocycles. The Bertz CT molecular complexity index is 445. The van der Waals surface area contributed by atoms with Gasteiger partial charge >= 0.3 is 0 Å². The van der Waals surface area contributed by atoms with Gasteiger partial charge in [0, 0.05) is 12.1 Å². The van der Waals surface area contributed by atoms with Crippen molar-refractivity contribution in [3.05, 3.63) is 35.4 Å². The maximum atomic E-state index is 10.9. The van der Waals surface area contributed by atoms with E-state index < -0.39 is 0 Å². The summed E-state index contributed by atoms with van der Waals surface area (Å²) in [7, 11) is 0. The first-order valence-electron chi connectivity index (χ1n) is 8.29. The first-order chi connectivity index (χ1) is 9.77. The molecule has 0 aromatic heterocycles. The number of rotatable bonds is 1. The highest BCUT2D eigenvalue weighted by molar-refractivity contribution is 5.31. The van der Waals surface area contributed by atoms with Gasteiger partial charge in [-0.1, -0.05) is 37.1 Å². The van der Waals surface area contributed by atoms with E-state index in [1.807, 2.05) is 0 Å². The van der Waals surface area contributed by atoms with E-state index in [1.54, 1.807) is 0 Å². The zero-order chi connectivity index (χ0) is 13.9. The minimum absolute atomic E-state index is 0.311. The fourth-order valence-corrected chi connectivity index (χ4v) is 4.05. The Morgan fingerprint density at radius 1 is 1.05 bits per heavy atom. The third kappa shape index (κ3) is 2.77. The number of aryl methyl sites for hydroxylation is 1. The molecule has 1 aliphatic carbocycles. The SMILES string of the molecule is CC1CCCCCN1C1CCCc2ccccc2C1O. The number of benzene rings is 1. The Balaban J connectivity index is 1.86. The Kier molecular flexibility index (Phi) is 4.42. The third-order valence-electron chi connectivity index (χ3n) is 5.21. The van der Waals surface area contributed by atoms with Crippen LogP contribution in [0.3, 0.4) is 0 Å². The van der Waals surface area contributed by atoms with Crippen LogP contribution in [0.2, 0.25) is 0 Å².